The average molecular weight is 547 g/mol. The van der Waals surface area contributed by atoms with E-state index in [1.807, 2.05) is 6.08 Å². The van der Waals surface area contributed by atoms with Crippen LogP contribution in [0.25, 0.3) is 33.1 Å². The molecule has 0 fully saturated rings. The van der Waals surface area contributed by atoms with Crippen LogP contribution in [0.1, 0.15) is 54.9 Å². The molecule has 3 nitrogen and oxygen atoms in total. The van der Waals surface area contributed by atoms with Crippen LogP contribution in [0.4, 0.5) is 0 Å². The smallest absolute Gasteiger partial charge is 0.135 e. The zero-order valence-corrected chi connectivity index (χ0v) is 24.2. The molecule has 7 rings (SSSR count). The molecule has 4 aromatic carbocycles. The van der Waals surface area contributed by atoms with Gasteiger partial charge in [0, 0.05) is 39.9 Å². The maximum Gasteiger partial charge on any atom is 0.135 e. The first kappa shape index (κ1) is 26.2. The van der Waals surface area contributed by atoms with Crippen LogP contribution in [-0.4, -0.2) is 17.5 Å². The number of aliphatic imine (C=N–C) groups is 2. The third-order valence-corrected chi connectivity index (χ3v) is 8.55. The molecule has 42 heavy (non-hydrogen) atoms. The summed E-state index contributed by atoms with van der Waals surface area (Å²) in [5.74, 6) is 0.273. The molecule has 0 spiro atoms. The Balaban J connectivity index is 1.40. The first-order valence-electron chi connectivity index (χ1n) is 14.7. The summed E-state index contributed by atoms with van der Waals surface area (Å²) < 4.78 is 6.46. The van der Waals surface area contributed by atoms with Gasteiger partial charge in [-0.15, -0.1) is 0 Å². The van der Waals surface area contributed by atoms with E-state index in [0.717, 1.165) is 57.5 Å². The molecular weight excluding hydrogens is 512 g/mol. The van der Waals surface area contributed by atoms with Crippen LogP contribution in [0, 0.1) is 0 Å². The van der Waals surface area contributed by atoms with E-state index >= 15 is 0 Å². The van der Waals surface area contributed by atoms with Gasteiger partial charge < -0.3 is 4.42 Å². The molecule has 2 aliphatic rings. The summed E-state index contributed by atoms with van der Waals surface area (Å²) in [5, 5.41) is 2.23. The van der Waals surface area contributed by atoms with Crippen LogP contribution in [0.2, 0.25) is 0 Å². The molecule has 0 radical (unpaired) electrons. The van der Waals surface area contributed by atoms with Gasteiger partial charge in [-0.2, -0.15) is 0 Å². The number of aryl methyl sites for hydroxylation is 1. The number of hydrogen-bond acceptors (Lipinski definition) is 3. The van der Waals surface area contributed by atoms with Crippen molar-refractivity contribution in [3.05, 3.63) is 144 Å². The van der Waals surface area contributed by atoms with Crippen molar-refractivity contribution in [1.82, 2.24) is 0 Å². The molecule has 0 aliphatic carbocycles. The van der Waals surface area contributed by atoms with Crippen molar-refractivity contribution in [2.45, 2.75) is 45.1 Å². The minimum absolute atomic E-state index is 0.0741. The molecular formula is C39H34N2O. The van der Waals surface area contributed by atoms with Crippen molar-refractivity contribution in [3.63, 3.8) is 0 Å². The second-order valence-corrected chi connectivity index (χ2v) is 11.7. The normalized spacial score (nSPS) is 18.4. The zero-order valence-electron chi connectivity index (χ0n) is 24.2. The van der Waals surface area contributed by atoms with Gasteiger partial charge in [0.25, 0.3) is 0 Å². The SMILES string of the molecule is C=CC1=NC2CC(=C)N=C(C=C(C)C)c3cc4c(cc3CCC2c2ccccc21)oc1ccc(-c2ccccc2)cc14. The van der Waals surface area contributed by atoms with E-state index in [-0.39, 0.29) is 12.0 Å². The second kappa shape index (κ2) is 10.6. The lowest BCUT2D eigenvalue weighted by Crippen LogP contribution is -2.27. The van der Waals surface area contributed by atoms with Gasteiger partial charge in [0.15, 0.2) is 0 Å². The highest BCUT2D eigenvalue weighted by atomic mass is 16.3. The first-order valence-corrected chi connectivity index (χ1v) is 14.7. The summed E-state index contributed by atoms with van der Waals surface area (Å²) in [6.07, 6.45) is 6.64. The van der Waals surface area contributed by atoms with Crippen LogP contribution >= 0.6 is 0 Å². The number of nitrogens with zero attached hydrogens (tertiary/aromatic N) is 2. The van der Waals surface area contributed by atoms with E-state index in [0.29, 0.717) is 6.42 Å². The second-order valence-electron chi connectivity index (χ2n) is 11.7. The van der Waals surface area contributed by atoms with Gasteiger partial charge in [-0.05, 0) is 85.4 Å². The Bertz CT molecular complexity index is 1960. The molecule has 2 atom stereocenters. The largest absolute Gasteiger partial charge is 0.456 e. The minimum atomic E-state index is 0.0741. The molecule has 0 N–H and O–H groups in total. The molecule has 3 heterocycles. The van der Waals surface area contributed by atoms with Crippen LogP contribution < -0.4 is 0 Å². The third kappa shape index (κ3) is 4.65. The quantitative estimate of drug-likeness (QED) is 0.222. The van der Waals surface area contributed by atoms with E-state index in [4.69, 9.17) is 14.4 Å². The Hall–Kier alpha value is -4.76. The van der Waals surface area contributed by atoms with Crippen LogP contribution in [0.3, 0.4) is 0 Å². The number of rotatable bonds is 3. The molecule has 2 unspecified atom stereocenters. The van der Waals surface area contributed by atoms with Gasteiger partial charge >= 0.3 is 0 Å². The molecule has 5 aromatic rings. The van der Waals surface area contributed by atoms with Gasteiger partial charge in [-0.3, -0.25) is 9.98 Å². The monoisotopic (exact) mass is 546 g/mol. The lowest BCUT2D eigenvalue weighted by molar-refractivity contribution is 0.490. The molecule has 1 aromatic heterocycles. The highest BCUT2D eigenvalue weighted by Gasteiger charge is 2.31. The van der Waals surface area contributed by atoms with Crippen LogP contribution in [-0.2, 0) is 6.42 Å². The molecule has 2 aliphatic heterocycles. The van der Waals surface area contributed by atoms with Gasteiger partial charge in [0.2, 0.25) is 0 Å². The molecule has 3 heteroatoms. The Morgan fingerprint density at radius 3 is 2.43 bits per heavy atom. The number of allylic oxidation sites excluding steroid dienone is 3. The Kier molecular flexibility index (Phi) is 6.59. The molecule has 0 amide bonds. The Morgan fingerprint density at radius 1 is 0.833 bits per heavy atom. The van der Waals surface area contributed by atoms with Gasteiger partial charge in [-0.1, -0.05) is 79.4 Å². The van der Waals surface area contributed by atoms with Gasteiger partial charge in [-0.25, -0.2) is 0 Å². The molecule has 0 saturated heterocycles. The van der Waals surface area contributed by atoms with Gasteiger partial charge in [0.1, 0.15) is 11.2 Å². The average Bonchev–Trinajstić information content (AvgIpc) is 3.36. The molecule has 0 saturated carbocycles. The van der Waals surface area contributed by atoms with E-state index < -0.39 is 0 Å². The van der Waals surface area contributed by atoms with Crippen molar-refractivity contribution in [2.75, 3.05) is 0 Å². The summed E-state index contributed by atoms with van der Waals surface area (Å²) in [4.78, 5) is 10.3. The van der Waals surface area contributed by atoms with Crippen LogP contribution in [0.15, 0.2) is 136 Å². The molecule has 0 bridgehead atoms. The topological polar surface area (TPSA) is 37.9 Å². The first-order chi connectivity index (χ1) is 20.5. The summed E-state index contributed by atoms with van der Waals surface area (Å²) in [6.45, 7) is 12.7. The summed E-state index contributed by atoms with van der Waals surface area (Å²) >= 11 is 0. The summed E-state index contributed by atoms with van der Waals surface area (Å²) in [6, 6.07) is 30.2. The third-order valence-electron chi connectivity index (χ3n) is 8.55. The summed E-state index contributed by atoms with van der Waals surface area (Å²) in [7, 11) is 0. The number of furan rings is 1. The maximum atomic E-state index is 6.46. The lowest BCUT2D eigenvalue weighted by atomic mass is 9.78. The zero-order chi connectivity index (χ0) is 28.8. The standard InChI is InChI=1S/C39H34N2O/c1-5-35-30-14-10-9-13-29(30)31-17-15-28-22-39-34(23-32(28)36(19-24(2)3)40-25(4)20-37(31)41-35)33-21-27(16-18-38(33)42-39)26-11-7-6-8-12-26/h5-14,16,18-19,21-23,31,37H,1,4,15,17,20H2,2-3H3. The fourth-order valence-electron chi connectivity index (χ4n) is 6.63. The predicted molar refractivity (Wildman–Crippen MR) is 177 cm³/mol. The van der Waals surface area contributed by atoms with Crippen molar-refractivity contribution in [3.8, 4) is 11.1 Å². The highest BCUT2D eigenvalue weighted by molar-refractivity contribution is 6.15. The summed E-state index contributed by atoms with van der Waals surface area (Å²) in [5.41, 5.74) is 13.1. The van der Waals surface area contributed by atoms with Crippen molar-refractivity contribution in [2.24, 2.45) is 9.98 Å². The van der Waals surface area contributed by atoms with E-state index in [1.54, 1.807) is 0 Å². The number of fused-ring (bicyclic) bond motifs is 7. The van der Waals surface area contributed by atoms with Crippen molar-refractivity contribution in [1.29, 1.82) is 0 Å². The Morgan fingerprint density at radius 2 is 1.62 bits per heavy atom. The highest BCUT2D eigenvalue weighted by Crippen LogP contribution is 2.40. The number of benzene rings is 4. The minimum Gasteiger partial charge on any atom is -0.456 e. The van der Waals surface area contributed by atoms with E-state index in [2.05, 4.69) is 118 Å². The van der Waals surface area contributed by atoms with E-state index in [9.17, 15) is 0 Å². The van der Waals surface area contributed by atoms with Crippen LogP contribution in [0.5, 0.6) is 0 Å². The van der Waals surface area contributed by atoms with Crippen molar-refractivity contribution < 1.29 is 4.42 Å². The molecule has 206 valence electrons. The fraction of sp³-hybridized carbons (Fsp3) is 0.179. The lowest BCUT2D eigenvalue weighted by Gasteiger charge is -2.32. The predicted octanol–water partition coefficient (Wildman–Crippen LogP) is 10.00. The number of hydrogen-bond donors (Lipinski definition) is 0. The van der Waals surface area contributed by atoms with Crippen molar-refractivity contribution >= 4 is 33.4 Å². The van der Waals surface area contributed by atoms with Gasteiger partial charge in [0.05, 0.1) is 17.5 Å². The van der Waals surface area contributed by atoms with E-state index in [1.165, 1.54) is 33.4 Å². The Labute approximate surface area is 247 Å². The fourth-order valence-corrected chi connectivity index (χ4v) is 6.63. The maximum absolute atomic E-state index is 6.46.